The van der Waals surface area contributed by atoms with Crippen LogP contribution in [0.3, 0.4) is 0 Å². The number of piperidine rings is 1. The summed E-state index contributed by atoms with van der Waals surface area (Å²) in [7, 11) is 0. The summed E-state index contributed by atoms with van der Waals surface area (Å²) < 4.78 is 0. The maximum absolute atomic E-state index is 12.4. The van der Waals surface area contributed by atoms with Crippen LogP contribution in [-0.4, -0.2) is 42.5 Å². The molecule has 2 rings (SSSR count). The topological polar surface area (TPSA) is 58.4 Å². The van der Waals surface area contributed by atoms with Gasteiger partial charge in [-0.05, 0) is 43.6 Å². The van der Waals surface area contributed by atoms with Crippen molar-refractivity contribution < 1.29 is 4.79 Å². The third-order valence-corrected chi connectivity index (χ3v) is 5.77. The highest BCUT2D eigenvalue weighted by Gasteiger charge is 2.30. The van der Waals surface area contributed by atoms with Gasteiger partial charge in [-0.1, -0.05) is 33.6 Å². The Morgan fingerprint density at radius 1 is 1.23 bits per heavy atom. The molecule has 1 saturated carbocycles. The van der Waals surface area contributed by atoms with Crippen LogP contribution in [0.4, 0.5) is 0 Å². The highest BCUT2D eigenvalue weighted by Crippen LogP contribution is 2.29. The lowest BCUT2D eigenvalue weighted by Gasteiger charge is -2.39. The Bertz CT molecular complexity index is 353. The van der Waals surface area contributed by atoms with E-state index >= 15 is 0 Å². The summed E-state index contributed by atoms with van der Waals surface area (Å²) in [5.41, 5.74) is 5.88. The van der Waals surface area contributed by atoms with E-state index in [-0.39, 0.29) is 18.3 Å². The number of nitrogens with zero attached hydrogens (tertiary/aromatic N) is 1. The molecule has 5 heteroatoms. The van der Waals surface area contributed by atoms with Gasteiger partial charge in [0.1, 0.15) is 0 Å². The number of carbonyl (C=O) groups is 1. The number of hydrogen-bond donors (Lipinski definition) is 2. The van der Waals surface area contributed by atoms with Crippen molar-refractivity contribution in [2.24, 2.45) is 23.5 Å². The number of hydrogen-bond acceptors (Lipinski definition) is 3. The third-order valence-electron chi connectivity index (χ3n) is 5.77. The largest absolute Gasteiger partial charge is 0.352 e. The van der Waals surface area contributed by atoms with Gasteiger partial charge in [0, 0.05) is 18.6 Å². The second kappa shape index (κ2) is 9.09. The first kappa shape index (κ1) is 19.7. The van der Waals surface area contributed by atoms with Crippen LogP contribution < -0.4 is 11.1 Å². The third kappa shape index (κ3) is 5.10. The Morgan fingerprint density at radius 3 is 2.64 bits per heavy atom. The molecule has 3 N–H and O–H groups in total. The minimum atomic E-state index is 0. The van der Waals surface area contributed by atoms with Crippen LogP contribution in [-0.2, 0) is 4.79 Å². The SMILES string of the molecule is CC1CCN(CC(=O)NC2CCCC(C)C2C)C(CN)C1.Cl. The van der Waals surface area contributed by atoms with E-state index in [1.165, 1.54) is 19.3 Å². The minimum Gasteiger partial charge on any atom is -0.352 e. The van der Waals surface area contributed by atoms with Crippen LogP contribution in [0.15, 0.2) is 0 Å². The highest BCUT2D eigenvalue weighted by molar-refractivity contribution is 5.85. The second-order valence-corrected chi connectivity index (χ2v) is 7.43. The van der Waals surface area contributed by atoms with Crippen molar-refractivity contribution in [3.05, 3.63) is 0 Å². The van der Waals surface area contributed by atoms with Crippen molar-refractivity contribution in [3.63, 3.8) is 0 Å². The maximum atomic E-state index is 12.4. The van der Waals surface area contributed by atoms with Gasteiger partial charge in [0.15, 0.2) is 0 Å². The summed E-state index contributed by atoms with van der Waals surface area (Å²) in [6.45, 7) is 9.05. The number of halogens is 1. The van der Waals surface area contributed by atoms with Gasteiger partial charge >= 0.3 is 0 Å². The summed E-state index contributed by atoms with van der Waals surface area (Å²) >= 11 is 0. The van der Waals surface area contributed by atoms with Crippen molar-refractivity contribution >= 4 is 18.3 Å². The molecule has 1 aliphatic heterocycles. The van der Waals surface area contributed by atoms with Crippen molar-refractivity contribution in [1.29, 1.82) is 0 Å². The molecule has 4 nitrogen and oxygen atoms in total. The molecule has 22 heavy (non-hydrogen) atoms. The molecule has 5 unspecified atom stereocenters. The van der Waals surface area contributed by atoms with Gasteiger partial charge in [-0.2, -0.15) is 0 Å². The molecule has 1 heterocycles. The molecule has 130 valence electrons. The zero-order chi connectivity index (χ0) is 15.4. The first-order valence-corrected chi connectivity index (χ1v) is 8.74. The fourth-order valence-electron chi connectivity index (χ4n) is 3.98. The lowest BCUT2D eigenvalue weighted by molar-refractivity contribution is -0.124. The van der Waals surface area contributed by atoms with E-state index in [9.17, 15) is 4.79 Å². The molecule has 2 fully saturated rings. The van der Waals surface area contributed by atoms with Gasteiger partial charge in [0.25, 0.3) is 0 Å². The van der Waals surface area contributed by atoms with Crippen LogP contribution in [0, 0.1) is 17.8 Å². The minimum absolute atomic E-state index is 0. The summed E-state index contributed by atoms with van der Waals surface area (Å²) in [5.74, 6) is 2.23. The Labute approximate surface area is 142 Å². The monoisotopic (exact) mass is 331 g/mol. The average molecular weight is 332 g/mol. The molecule has 2 aliphatic rings. The Morgan fingerprint density at radius 2 is 1.95 bits per heavy atom. The number of nitrogens with one attached hydrogen (secondary N) is 1. The second-order valence-electron chi connectivity index (χ2n) is 7.43. The van der Waals surface area contributed by atoms with E-state index in [2.05, 4.69) is 31.0 Å². The van der Waals surface area contributed by atoms with Crippen molar-refractivity contribution in [2.75, 3.05) is 19.6 Å². The number of rotatable bonds is 4. The Balaban J connectivity index is 0.00000242. The maximum Gasteiger partial charge on any atom is 0.234 e. The predicted molar refractivity (Wildman–Crippen MR) is 94.2 cm³/mol. The van der Waals surface area contributed by atoms with Crippen molar-refractivity contribution in [3.8, 4) is 0 Å². The molecule has 0 radical (unpaired) electrons. The normalized spacial score (nSPS) is 36.5. The van der Waals surface area contributed by atoms with E-state index < -0.39 is 0 Å². The van der Waals surface area contributed by atoms with Crippen molar-refractivity contribution in [2.45, 2.75) is 65.0 Å². The number of carbonyl (C=O) groups excluding carboxylic acids is 1. The molecule has 1 saturated heterocycles. The quantitative estimate of drug-likeness (QED) is 0.831. The van der Waals surface area contributed by atoms with Crippen LogP contribution in [0.25, 0.3) is 0 Å². The number of likely N-dealkylation sites (tertiary alicyclic amines) is 1. The zero-order valence-corrected chi connectivity index (χ0v) is 15.2. The number of nitrogens with two attached hydrogens (primary N) is 1. The standard InChI is InChI=1S/C17H33N3O.ClH/c1-12-7-8-20(15(9-12)10-18)11-17(21)19-16-6-4-5-13(2)14(16)3;/h12-16H,4-11,18H2,1-3H3,(H,19,21);1H. The van der Waals surface area contributed by atoms with Gasteiger partial charge in [-0.3, -0.25) is 9.69 Å². The van der Waals surface area contributed by atoms with E-state index in [0.29, 0.717) is 31.1 Å². The molecule has 1 aliphatic carbocycles. The van der Waals surface area contributed by atoms with E-state index in [1.807, 2.05) is 0 Å². The molecule has 0 aromatic rings. The lowest BCUT2D eigenvalue weighted by atomic mass is 9.78. The predicted octanol–water partition coefficient (Wildman–Crippen LogP) is 2.41. The summed E-state index contributed by atoms with van der Waals surface area (Å²) in [4.78, 5) is 14.7. The zero-order valence-electron chi connectivity index (χ0n) is 14.4. The van der Waals surface area contributed by atoms with Crippen LogP contribution in [0.1, 0.15) is 52.9 Å². The molecular formula is C17H34ClN3O. The van der Waals surface area contributed by atoms with Crippen molar-refractivity contribution in [1.82, 2.24) is 10.2 Å². The molecule has 0 bridgehead atoms. The molecule has 0 spiro atoms. The van der Waals surface area contributed by atoms with Crippen LogP contribution in [0.5, 0.6) is 0 Å². The highest BCUT2D eigenvalue weighted by atomic mass is 35.5. The summed E-state index contributed by atoms with van der Waals surface area (Å²) in [6.07, 6.45) is 5.98. The lowest BCUT2D eigenvalue weighted by Crippen LogP contribution is -2.52. The molecule has 1 amide bonds. The number of amides is 1. The smallest absolute Gasteiger partial charge is 0.234 e. The molecular weight excluding hydrogens is 298 g/mol. The van der Waals surface area contributed by atoms with Gasteiger partial charge in [0.05, 0.1) is 6.54 Å². The first-order chi connectivity index (χ1) is 10.0. The summed E-state index contributed by atoms with van der Waals surface area (Å²) in [5, 5.41) is 3.28. The van der Waals surface area contributed by atoms with Gasteiger partial charge in [-0.25, -0.2) is 0 Å². The van der Waals surface area contributed by atoms with E-state index in [4.69, 9.17) is 5.73 Å². The van der Waals surface area contributed by atoms with Gasteiger partial charge in [-0.15, -0.1) is 12.4 Å². The molecule has 5 atom stereocenters. The van der Waals surface area contributed by atoms with Crippen LogP contribution >= 0.6 is 12.4 Å². The Hall–Kier alpha value is -0.320. The van der Waals surface area contributed by atoms with Gasteiger partial charge < -0.3 is 11.1 Å². The van der Waals surface area contributed by atoms with E-state index in [0.717, 1.165) is 31.2 Å². The van der Waals surface area contributed by atoms with Gasteiger partial charge in [0.2, 0.25) is 5.91 Å². The van der Waals surface area contributed by atoms with Crippen LogP contribution in [0.2, 0.25) is 0 Å². The fraction of sp³-hybridized carbons (Fsp3) is 0.941. The average Bonchev–Trinajstić information content (AvgIpc) is 2.45. The summed E-state index contributed by atoms with van der Waals surface area (Å²) in [6, 6.07) is 0.739. The van der Waals surface area contributed by atoms with E-state index in [1.54, 1.807) is 0 Å². The Kier molecular flexibility index (Phi) is 8.15. The first-order valence-electron chi connectivity index (χ1n) is 8.74. The molecule has 0 aromatic carbocycles. The fourth-order valence-corrected chi connectivity index (χ4v) is 3.98. The molecule has 0 aromatic heterocycles.